The zero-order chi connectivity index (χ0) is 20.1. The van der Waals surface area contributed by atoms with Gasteiger partial charge in [-0.15, -0.1) is 0 Å². The lowest BCUT2D eigenvalue weighted by molar-refractivity contribution is -0.142. The highest BCUT2D eigenvalue weighted by Gasteiger charge is 2.27. The molecule has 1 N–H and O–H groups in total. The molecule has 6 nitrogen and oxygen atoms in total. The predicted octanol–water partition coefficient (Wildman–Crippen LogP) is 2.77. The minimum Gasteiger partial charge on any atom is -0.468 e. The molecule has 0 aliphatic carbocycles. The fourth-order valence-corrected chi connectivity index (χ4v) is 4.13. The molecule has 0 amide bonds. The zero-order valence-corrected chi connectivity index (χ0v) is 15.9. The Morgan fingerprint density at radius 3 is 2.54 bits per heavy atom. The molecule has 3 aromatic carbocycles. The van der Waals surface area contributed by atoms with Crippen LogP contribution in [-0.4, -0.2) is 27.5 Å². The van der Waals surface area contributed by atoms with Gasteiger partial charge in [0.15, 0.2) is 0 Å². The van der Waals surface area contributed by atoms with Crippen molar-refractivity contribution in [2.75, 3.05) is 7.11 Å². The predicted molar refractivity (Wildman–Crippen MR) is 105 cm³/mol. The Bertz CT molecular complexity index is 1170. The number of carbonyl (C=O) groups excluding carboxylic acids is 1. The Morgan fingerprint density at radius 2 is 1.82 bits per heavy atom. The standard InChI is InChI=1S/C21H18N2O4S/c1-27-21(24)20(12-15-5-4-6-16(11-15)14-22)23-28(25,26)19-10-9-17-7-2-3-8-18(17)13-19/h2-11,13,20,23H,12H2,1H3. The first-order chi connectivity index (χ1) is 13.4. The maximum absolute atomic E-state index is 12.8. The minimum absolute atomic E-state index is 0.0610. The summed E-state index contributed by atoms with van der Waals surface area (Å²) < 4.78 is 32.9. The summed E-state index contributed by atoms with van der Waals surface area (Å²) in [6.07, 6.45) is 0.0645. The normalized spacial score (nSPS) is 12.3. The molecule has 0 saturated carbocycles. The number of nitriles is 1. The van der Waals surface area contributed by atoms with Crippen molar-refractivity contribution >= 4 is 26.8 Å². The Morgan fingerprint density at radius 1 is 1.07 bits per heavy atom. The summed E-state index contributed by atoms with van der Waals surface area (Å²) in [6.45, 7) is 0. The van der Waals surface area contributed by atoms with E-state index in [-0.39, 0.29) is 11.3 Å². The molecule has 0 spiro atoms. The average Bonchev–Trinajstić information content (AvgIpc) is 2.72. The molecule has 1 unspecified atom stereocenters. The molecule has 1 atom stereocenters. The molecule has 3 rings (SSSR count). The van der Waals surface area contributed by atoms with Crippen molar-refractivity contribution in [3.8, 4) is 6.07 Å². The lowest BCUT2D eigenvalue weighted by atomic mass is 10.0. The number of nitrogens with zero attached hydrogens (tertiary/aromatic N) is 1. The molecule has 0 heterocycles. The second-order valence-corrected chi connectivity index (χ2v) is 7.94. The van der Waals surface area contributed by atoms with Crippen LogP contribution in [0.4, 0.5) is 0 Å². The highest BCUT2D eigenvalue weighted by Crippen LogP contribution is 2.19. The maximum atomic E-state index is 12.8. The topological polar surface area (TPSA) is 96.3 Å². The number of fused-ring (bicyclic) bond motifs is 1. The van der Waals surface area contributed by atoms with Gasteiger partial charge in [0.25, 0.3) is 0 Å². The molecule has 3 aromatic rings. The van der Waals surface area contributed by atoms with Gasteiger partial charge >= 0.3 is 5.97 Å². The van der Waals surface area contributed by atoms with Crippen LogP contribution in [0.5, 0.6) is 0 Å². The average molecular weight is 394 g/mol. The first-order valence-electron chi connectivity index (χ1n) is 8.51. The highest BCUT2D eigenvalue weighted by atomic mass is 32.2. The van der Waals surface area contributed by atoms with E-state index in [0.717, 1.165) is 10.8 Å². The molecule has 142 valence electrons. The van der Waals surface area contributed by atoms with E-state index in [1.165, 1.54) is 13.2 Å². The molecule has 0 aliphatic rings. The van der Waals surface area contributed by atoms with Crippen LogP contribution >= 0.6 is 0 Å². The van der Waals surface area contributed by atoms with Crippen molar-refractivity contribution < 1.29 is 17.9 Å². The fourth-order valence-electron chi connectivity index (χ4n) is 2.91. The van der Waals surface area contributed by atoms with Crippen LogP contribution in [0.3, 0.4) is 0 Å². The summed E-state index contributed by atoms with van der Waals surface area (Å²) in [5, 5.41) is 10.7. The van der Waals surface area contributed by atoms with Gasteiger partial charge in [-0.05, 0) is 47.0 Å². The van der Waals surface area contributed by atoms with E-state index >= 15 is 0 Å². The van der Waals surface area contributed by atoms with Crippen molar-refractivity contribution in [2.24, 2.45) is 0 Å². The van der Waals surface area contributed by atoms with Gasteiger partial charge in [-0.2, -0.15) is 9.98 Å². The van der Waals surface area contributed by atoms with E-state index in [9.17, 15) is 13.2 Å². The van der Waals surface area contributed by atoms with Crippen LogP contribution in [0.1, 0.15) is 11.1 Å². The number of ether oxygens (including phenoxy) is 1. The first kappa shape index (κ1) is 19.5. The van der Waals surface area contributed by atoms with Gasteiger partial charge in [0.05, 0.1) is 23.6 Å². The maximum Gasteiger partial charge on any atom is 0.324 e. The SMILES string of the molecule is COC(=O)C(Cc1cccc(C#N)c1)NS(=O)(=O)c1ccc2ccccc2c1. The third-order valence-electron chi connectivity index (χ3n) is 4.31. The molecule has 0 aliphatic heterocycles. The van der Waals surface area contributed by atoms with Crippen LogP contribution in [0.2, 0.25) is 0 Å². The van der Waals surface area contributed by atoms with E-state index in [2.05, 4.69) is 4.72 Å². The molecule has 28 heavy (non-hydrogen) atoms. The van der Waals surface area contributed by atoms with Gasteiger partial charge < -0.3 is 4.74 Å². The Kier molecular flexibility index (Phi) is 5.73. The molecule has 0 saturated heterocycles. The highest BCUT2D eigenvalue weighted by molar-refractivity contribution is 7.89. The number of esters is 1. The number of carbonyl (C=O) groups is 1. The van der Waals surface area contributed by atoms with Crippen molar-refractivity contribution in [1.29, 1.82) is 5.26 Å². The van der Waals surface area contributed by atoms with Crippen molar-refractivity contribution in [3.05, 3.63) is 77.9 Å². The van der Waals surface area contributed by atoms with Gasteiger partial charge in [-0.1, -0.05) is 42.5 Å². The monoisotopic (exact) mass is 394 g/mol. The molecular formula is C21H18N2O4S. The van der Waals surface area contributed by atoms with Crippen molar-refractivity contribution in [1.82, 2.24) is 4.72 Å². The van der Waals surface area contributed by atoms with Crippen LogP contribution in [0.15, 0.2) is 71.6 Å². The number of benzene rings is 3. The Balaban J connectivity index is 1.90. The number of rotatable bonds is 6. The molecule has 7 heteroatoms. The summed E-state index contributed by atoms with van der Waals surface area (Å²) in [7, 11) is -2.76. The summed E-state index contributed by atoms with van der Waals surface area (Å²) in [6, 6.07) is 19.7. The van der Waals surface area contributed by atoms with E-state index in [4.69, 9.17) is 10.00 Å². The number of hydrogen-bond donors (Lipinski definition) is 1. The number of sulfonamides is 1. The number of nitrogens with one attached hydrogen (secondary N) is 1. The van der Waals surface area contributed by atoms with E-state index < -0.39 is 22.0 Å². The molecule has 0 bridgehead atoms. The molecular weight excluding hydrogens is 376 g/mol. The van der Waals surface area contributed by atoms with Gasteiger partial charge in [-0.3, -0.25) is 4.79 Å². The smallest absolute Gasteiger partial charge is 0.324 e. The molecule has 0 radical (unpaired) electrons. The van der Waals surface area contributed by atoms with E-state index in [0.29, 0.717) is 11.1 Å². The summed E-state index contributed by atoms with van der Waals surface area (Å²) in [5.41, 5.74) is 1.08. The van der Waals surface area contributed by atoms with Crippen molar-refractivity contribution in [2.45, 2.75) is 17.4 Å². The molecule has 0 aromatic heterocycles. The lowest BCUT2D eigenvalue weighted by Crippen LogP contribution is -2.43. The van der Waals surface area contributed by atoms with Crippen LogP contribution < -0.4 is 4.72 Å². The third-order valence-corrected chi connectivity index (χ3v) is 5.78. The van der Waals surface area contributed by atoms with Crippen LogP contribution in [0, 0.1) is 11.3 Å². The van der Waals surface area contributed by atoms with Crippen LogP contribution in [0.25, 0.3) is 10.8 Å². The Labute approximate surface area is 163 Å². The minimum atomic E-state index is -3.96. The number of hydrogen-bond acceptors (Lipinski definition) is 5. The van der Waals surface area contributed by atoms with E-state index in [1.54, 1.807) is 36.4 Å². The summed E-state index contributed by atoms with van der Waals surface area (Å²) >= 11 is 0. The Hall–Kier alpha value is -3.21. The quantitative estimate of drug-likeness (QED) is 0.649. The first-order valence-corrected chi connectivity index (χ1v) is 9.99. The van der Waals surface area contributed by atoms with Gasteiger partial charge in [-0.25, -0.2) is 8.42 Å². The third kappa shape index (κ3) is 4.36. The van der Waals surface area contributed by atoms with Crippen LogP contribution in [-0.2, 0) is 26.0 Å². The van der Waals surface area contributed by atoms with E-state index in [1.807, 2.05) is 30.3 Å². The van der Waals surface area contributed by atoms with Gasteiger partial charge in [0.2, 0.25) is 10.0 Å². The summed E-state index contributed by atoms with van der Waals surface area (Å²) in [4.78, 5) is 12.2. The van der Waals surface area contributed by atoms with Gasteiger partial charge in [0.1, 0.15) is 6.04 Å². The zero-order valence-electron chi connectivity index (χ0n) is 15.1. The largest absolute Gasteiger partial charge is 0.468 e. The summed E-state index contributed by atoms with van der Waals surface area (Å²) in [5.74, 6) is -0.702. The van der Waals surface area contributed by atoms with Gasteiger partial charge in [0, 0.05) is 0 Å². The fraction of sp³-hybridized carbons (Fsp3) is 0.143. The second kappa shape index (κ2) is 8.21. The molecule has 0 fully saturated rings. The van der Waals surface area contributed by atoms with Crippen molar-refractivity contribution in [3.63, 3.8) is 0 Å². The number of methoxy groups -OCH3 is 1. The second-order valence-electron chi connectivity index (χ2n) is 6.22. The lowest BCUT2D eigenvalue weighted by Gasteiger charge is -2.17.